The molecule has 102 valence electrons. The molecule has 20 heavy (non-hydrogen) atoms. The second kappa shape index (κ2) is 5.17. The van der Waals surface area contributed by atoms with Gasteiger partial charge in [0.05, 0.1) is 16.1 Å². The highest BCUT2D eigenvalue weighted by Crippen LogP contribution is 2.26. The first-order chi connectivity index (χ1) is 9.70. The Bertz CT molecular complexity index is 762. The Morgan fingerprint density at radius 1 is 1.15 bits per heavy atom. The molecule has 0 bridgehead atoms. The number of nitrogens with zero attached hydrogens (tertiary/aromatic N) is 2. The fourth-order valence-electron chi connectivity index (χ4n) is 2.53. The Labute approximate surface area is 123 Å². The first-order valence-corrected chi connectivity index (χ1v) is 7.05. The SMILES string of the molecule is CCn1c(Cc2ccccc2N)nc2cccc(Cl)c21. The summed E-state index contributed by atoms with van der Waals surface area (Å²) < 4.78 is 2.16. The number of aromatic nitrogens is 2. The van der Waals surface area contributed by atoms with Crippen LogP contribution in [0.5, 0.6) is 0 Å². The number of para-hydroxylation sites is 2. The van der Waals surface area contributed by atoms with Gasteiger partial charge >= 0.3 is 0 Å². The standard InChI is InChI=1S/C16H16ClN3/c1-2-20-15(10-11-6-3-4-8-13(11)18)19-14-9-5-7-12(17)16(14)20/h3-9H,2,10,18H2,1H3. The lowest BCUT2D eigenvalue weighted by Gasteiger charge is -2.08. The molecule has 0 saturated carbocycles. The first-order valence-electron chi connectivity index (χ1n) is 6.67. The molecule has 0 aliphatic rings. The monoisotopic (exact) mass is 285 g/mol. The van der Waals surface area contributed by atoms with Crippen LogP contribution in [0, 0.1) is 0 Å². The van der Waals surface area contributed by atoms with Crippen LogP contribution in [0.4, 0.5) is 5.69 Å². The highest BCUT2D eigenvalue weighted by Gasteiger charge is 2.13. The quantitative estimate of drug-likeness (QED) is 0.742. The molecule has 4 heteroatoms. The predicted octanol–water partition coefficient (Wildman–Crippen LogP) is 3.88. The summed E-state index contributed by atoms with van der Waals surface area (Å²) in [4.78, 5) is 4.70. The van der Waals surface area contributed by atoms with Crippen molar-refractivity contribution in [2.24, 2.45) is 0 Å². The number of aryl methyl sites for hydroxylation is 1. The van der Waals surface area contributed by atoms with Crippen LogP contribution >= 0.6 is 11.6 Å². The molecule has 1 aromatic heterocycles. The molecule has 1 heterocycles. The van der Waals surface area contributed by atoms with E-state index in [0.29, 0.717) is 6.42 Å². The molecule has 2 aromatic carbocycles. The first kappa shape index (κ1) is 13.0. The van der Waals surface area contributed by atoms with Crippen LogP contribution in [0.15, 0.2) is 42.5 Å². The van der Waals surface area contributed by atoms with Crippen molar-refractivity contribution in [3.63, 3.8) is 0 Å². The Morgan fingerprint density at radius 2 is 1.95 bits per heavy atom. The molecular formula is C16H16ClN3. The minimum Gasteiger partial charge on any atom is -0.398 e. The van der Waals surface area contributed by atoms with E-state index in [2.05, 4.69) is 11.5 Å². The Morgan fingerprint density at radius 3 is 2.70 bits per heavy atom. The second-order valence-electron chi connectivity index (χ2n) is 4.76. The maximum atomic E-state index is 6.30. The zero-order valence-electron chi connectivity index (χ0n) is 11.3. The van der Waals surface area contributed by atoms with Gasteiger partial charge in [-0.05, 0) is 30.7 Å². The van der Waals surface area contributed by atoms with Gasteiger partial charge in [0.15, 0.2) is 0 Å². The van der Waals surface area contributed by atoms with Crippen molar-refractivity contribution in [3.8, 4) is 0 Å². The smallest absolute Gasteiger partial charge is 0.114 e. The molecule has 3 nitrogen and oxygen atoms in total. The molecule has 0 atom stereocenters. The van der Waals surface area contributed by atoms with E-state index < -0.39 is 0 Å². The van der Waals surface area contributed by atoms with Crippen LogP contribution < -0.4 is 5.73 Å². The van der Waals surface area contributed by atoms with Gasteiger partial charge in [-0.15, -0.1) is 0 Å². The summed E-state index contributed by atoms with van der Waals surface area (Å²) in [5, 5.41) is 0.740. The van der Waals surface area contributed by atoms with Crippen LogP contribution in [0.25, 0.3) is 11.0 Å². The lowest BCUT2D eigenvalue weighted by atomic mass is 10.1. The zero-order valence-corrected chi connectivity index (χ0v) is 12.1. The van der Waals surface area contributed by atoms with Gasteiger partial charge in [-0.2, -0.15) is 0 Å². The molecule has 0 amide bonds. The van der Waals surface area contributed by atoms with Crippen molar-refractivity contribution in [2.45, 2.75) is 19.9 Å². The lowest BCUT2D eigenvalue weighted by Crippen LogP contribution is -2.04. The highest BCUT2D eigenvalue weighted by molar-refractivity contribution is 6.35. The van der Waals surface area contributed by atoms with E-state index >= 15 is 0 Å². The van der Waals surface area contributed by atoms with Crippen molar-refractivity contribution < 1.29 is 0 Å². The van der Waals surface area contributed by atoms with Gasteiger partial charge in [0.1, 0.15) is 5.82 Å². The van der Waals surface area contributed by atoms with Crippen LogP contribution in [-0.2, 0) is 13.0 Å². The summed E-state index contributed by atoms with van der Waals surface area (Å²) >= 11 is 6.30. The summed E-state index contributed by atoms with van der Waals surface area (Å²) in [5.41, 5.74) is 9.85. The maximum absolute atomic E-state index is 6.30. The van der Waals surface area contributed by atoms with E-state index in [1.54, 1.807) is 0 Å². The number of rotatable bonds is 3. The fourth-order valence-corrected chi connectivity index (χ4v) is 2.80. The van der Waals surface area contributed by atoms with E-state index in [4.69, 9.17) is 22.3 Å². The average Bonchev–Trinajstić information content (AvgIpc) is 2.80. The highest BCUT2D eigenvalue weighted by atomic mass is 35.5. The number of benzene rings is 2. The molecule has 0 fully saturated rings. The number of anilines is 1. The number of hydrogen-bond acceptors (Lipinski definition) is 2. The minimum absolute atomic E-state index is 0.714. The molecule has 2 N–H and O–H groups in total. The van der Waals surface area contributed by atoms with Gasteiger partial charge in [-0.1, -0.05) is 35.9 Å². The van der Waals surface area contributed by atoms with E-state index in [1.165, 1.54) is 0 Å². The van der Waals surface area contributed by atoms with Crippen LogP contribution in [0.1, 0.15) is 18.3 Å². The number of nitrogens with two attached hydrogens (primary N) is 1. The van der Waals surface area contributed by atoms with Crippen LogP contribution in [0.3, 0.4) is 0 Å². The Balaban J connectivity index is 2.12. The summed E-state index contributed by atoms with van der Waals surface area (Å²) in [6.07, 6.45) is 0.714. The van der Waals surface area contributed by atoms with Crippen LogP contribution in [0.2, 0.25) is 5.02 Å². The molecule has 0 aliphatic carbocycles. The van der Waals surface area contributed by atoms with E-state index in [-0.39, 0.29) is 0 Å². The van der Waals surface area contributed by atoms with E-state index in [9.17, 15) is 0 Å². The Kier molecular flexibility index (Phi) is 3.36. The number of nitrogen functional groups attached to an aromatic ring is 1. The van der Waals surface area contributed by atoms with Gasteiger partial charge in [0, 0.05) is 18.7 Å². The largest absolute Gasteiger partial charge is 0.398 e. The summed E-state index contributed by atoms with van der Waals surface area (Å²) in [6, 6.07) is 13.7. The van der Waals surface area contributed by atoms with Gasteiger partial charge in [-0.25, -0.2) is 4.98 Å². The van der Waals surface area contributed by atoms with Crippen molar-refractivity contribution in [1.82, 2.24) is 9.55 Å². The molecule has 3 rings (SSSR count). The van der Waals surface area contributed by atoms with Crippen molar-refractivity contribution in [2.75, 3.05) is 5.73 Å². The fraction of sp³-hybridized carbons (Fsp3) is 0.188. The number of fused-ring (bicyclic) bond motifs is 1. The summed E-state index contributed by atoms with van der Waals surface area (Å²) in [7, 11) is 0. The third kappa shape index (κ3) is 2.14. The minimum atomic E-state index is 0.714. The number of imidazole rings is 1. The molecule has 0 radical (unpaired) electrons. The third-order valence-corrected chi connectivity index (χ3v) is 3.82. The predicted molar refractivity (Wildman–Crippen MR) is 84.1 cm³/mol. The summed E-state index contributed by atoms with van der Waals surface area (Å²) in [6.45, 7) is 2.94. The van der Waals surface area contributed by atoms with Gasteiger partial charge < -0.3 is 10.3 Å². The molecular weight excluding hydrogens is 270 g/mol. The van der Waals surface area contributed by atoms with Crippen molar-refractivity contribution >= 4 is 28.3 Å². The lowest BCUT2D eigenvalue weighted by molar-refractivity contribution is 0.734. The maximum Gasteiger partial charge on any atom is 0.114 e. The number of hydrogen-bond donors (Lipinski definition) is 1. The van der Waals surface area contributed by atoms with E-state index in [1.807, 2.05) is 42.5 Å². The molecule has 0 saturated heterocycles. The van der Waals surface area contributed by atoms with Gasteiger partial charge in [0.25, 0.3) is 0 Å². The Hall–Kier alpha value is -2.00. The summed E-state index contributed by atoms with van der Waals surface area (Å²) in [5.74, 6) is 0.994. The van der Waals surface area contributed by atoms with Crippen molar-refractivity contribution in [1.29, 1.82) is 0 Å². The number of halogens is 1. The molecule has 0 aliphatic heterocycles. The normalized spacial score (nSPS) is 11.1. The molecule has 3 aromatic rings. The zero-order chi connectivity index (χ0) is 14.1. The van der Waals surface area contributed by atoms with Crippen LogP contribution in [-0.4, -0.2) is 9.55 Å². The second-order valence-corrected chi connectivity index (χ2v) is 5.16. The van der Waals surface area contributed by atoms with Gasteiger partial charge in [-0.3, -0.25) is 0 Å². The third-order valence-electron chi connectivity index (χ3n) is 3.52. The van der Waals surface area contributed by atoms with Crippen molar-refractivity contribution in [3.05, 3.63) is 58.9 Å². The topological polar surface area (TPSA) is 43.8 Å². The van der Waals surface area contributed by atoms with Gasteiger partial charge in [0.2, 0.25) is 0 Å². The average molecular weight is 286 g/mol. The van der Waals surface area contributed by atoms with E-state index in [0.717, 1.165) is 39.7 Å². The molecule has 0 spiro atoms. The molecule has 0 unspecified atom stereocenters.